The van der Waals surface area contributed by atoms with Gasteiger partial charge in [-0.25, -0.2) is 9.97 Å². The first-order valence-corrected chi connectivity index (χ1v) is 10.7. The number of nitrogens with zero attached hydrogens (tertiary/aromatic N) is 2. The number of carboxylic acid groups (broad SMARTS) is 1. The molecule has 2 aliphatic rings. The Morgan fingerprint density at radius 2 is 1.93 bits per heavy atom. The van der Waals surface area contributed by atoms with Crippen molar-refractivity contribution in [1.29, 1.82) is 0 Å². The summed E-state index contributed by atoms with van der Waals surface area (Å²) >= 11 is 1.18. The molecule has 1 fully saturated rings. The molecule has 0 spiro atoms. The highest BCUT2D eigenvalue weighted by molar-refractivity contribution is 7.99. The molecule has 0 aliphatic heterocycles. The van der Waals surface area contributed by atoms with E-state index in [9.17, 15) is 4.79 Å². The molecule has 0 unspecified atom stereocenters. The van der Waals surface area contributed by atoms with Crippen LogP contribution in [0.2, 0.25) is 0 Å². The maximum atomic E-state index is 10.9. The van der Waals surface area contributed by atoms with Crippen LogP contribution >= 0.6 is 11.8 Å². The third-order valence-corrected chi connectivity index (χ3v) is 6.30. The fourth-order valence-electron chi connectivity index (χ4n) is 4.01. The number of nitrogens with one attached hydrogen (secondary N) is 1. The molecule has 142 valence electrons. The van der Waals surface area contributed by atoms with Gasteiger partial charge >= 0.3 is 5.97 Å². The second kappa shape index (κ2) is 7.09. The van der Waals surface area contributed by atoms with Gasteiger partial charge in [-0.3, -0.25) is 4.79 Å². The lowest BCUT2D eigenvalue weighted by molar-refractivity contribution is -0.133. The van der Waals surface area contributed by atoms with E-state index < -0.39 is 5.97 Å². The van der Waals surface area contributed by atoms with Gasteiger partial charge < -0.3 is 10.4 Å². The number of hydrogen-bond donors (Lipinski definition) is 2. The fraction of sp³-hybridized carbons (Fsp3) is 0.318. The second-order valence-corrected chi connectivity index (χ2v) is 8.41. The van der Waals surface area contributed by atoms with Crippen molar-refractivity contribution in [1.82, 2.24) is 9.97 Å². The summed E-state index contributed by atoms with van der Waals surface area (Å²) in [7, 11) is 0. The van der Waals surface area contributed by atoms with Crippen LogP contribution in [0, 0.1) is 0 Å². The van der Waals surface area contributed by atoms with E-state index in [0.29, 0.717) is 11.1 Å². The van der Waals surface area contributed by atoms with Crippen LogP contribution in [0.1, 0.15) is 42.0 Å². The zero-order valence-corrected chi connectivity index (χ0v) is 16.3. The van der Waals surface area contributed by atoms with Crippen molar-refractivity contribution < 1.29 is 9.90 Å². The number of aromatic nitrogens is 2. The first kappa shape index (κ1) is 17.5. The second-order valence-electron chi connectivity index (χ2n) is 7.46. The summed E-state index contributed by atoms with van der Waals surface area (Å²) in [5.41, 5.74) is 4.69. The Morgan fingerprint density at radius 1 is 1.11 bits per heavy atom. The highest BCUT2D eigenvalue weighted by Gasteiger charge is 2.26. The lowest BCUT2D eigenvalue weighted by Gasteiger charge is -2.15. The van der Waals surface area contributed by atoms with Crippen molar-refractivity contribution in [2.45, 2.75) is 43.2 Å². The normalized spacial score (nSPS) is 15.6. The predicted octanol–water partition coefficient (Wildman–Crippen LogP) is 4.92. The minimum absolute atomic E-state index is 0.0305. The molecular formula is C22H21N3O2S. The number of carbonyl (C=O) groups is 1. The molecule has 0 saturated heterocycles. The molecule has 3 aromatic rings. The Kier molecular flexibility index (Phi) is 4.43. The molecule has 0 amide bonds. The highest BCUT2D eigenvalue weighted by Crippen LogP contribution is 2.44. The standard InChI is InChI=1S/C22H21N3O2S/c26-20(27)12-28-22-24-18-7-3-6-17(18)21(25-22)23-19-11-10-14(13-8-9-13)15-4-1-2-5-16(15)19/h1-2,4-5,10-11,13H,3,6-9,12H2,(H,26,27)(H,23,24,25). The van der Waals surface area contributed by atoms with Gasteiger partial charge in [-0.2, -0.15) is 0 Å². The number of rotatable bonds is 6. The minimum Gasteiger partial charge on any atom is -0.481 e. The average Bonchev–Trinajstić information content (AvgIpc) is 3.43. The van der Waals surface area contributed by atoms with Crippen LogP contribution < -0.4 is 5.32 Å². The van der Waals surface area contributed by atoms with Crippen LogP contribution in [0.15, 0.2) is 41.6 Å². The van der Waals surface area contributed by atoms with Crippen molar-refractivity contribution in [2.24, 2.45) is 0 Å². The molecule has 2 N–H and O–H groups in total. The van der Waals surface area contributed by atoms with Crippen LogP contribution in [0.3, 0.4) is 0 Å². The zero-order chi connectivity index (χ0) is 19.1. The van der Waals surface area contributed by atoms with E-state index >= 15 is 0 Å². The Hall–Kier alpha value is -2.60. The molecule has 1 heterocycles. The van der Waals surface area contributed by atoms with E-state index in [4.69, 9.17) is 5.11 Å². The molecule has 2 aromatic carbocycles. The van der Waals surface area contributed by atoms with Gasteiger partial charge in [0.1, 0.15) is 5.82 Å². The molecule has 1 saturated carbocycles. The van der Waals surface area contributed by atoms with Crippen molar-refractivity contribution in [2.75, 3.05) is 11.1 Å². The SMILES string of the molecule is O=C(O)CSc1nc2c(c(Nc3ccc(C4CC4)c4ccccc34)n1)CCC2. The third kappa shape index (κ3) is 3.33. The summed E-state index contributed by atoms with van der Waals surface area (Å²) in [6, 6.07) is 12.9. The lowest BCUT2D eigenvalue weighted by atomic mass is 9.99. The lowest BCUT2D eigenvalue weighted by Crippen LogP contribution is -2.05. The molecule has 28 heavy (non-hydrogen) atoms. The average molecular weight is 391 g/mol. The van der Waals surface area contributed by atoms with Crippen molar-refractivity contribution in [3.8, 4) is 0 Å². The first-order valence-electron chi connectivity index (χ1n) is 9.72. The Morgan fingerprint density at radius 3 is 2.71 bits per heavy atom. The van der Waals surface area contributed by atoms with Crippen molar-refractivity contribution in [3.63, 3.8) is 0 Å². The molecule has 0 radical (unpaired) electrons. The number of carboxylic acids is 1. The molecule has 0 atom stereocenters. The summed E-state index contributed by atoms with van der Waals surface area (Å²) in [4.78, 5) is 20.2. The van der Waals surface area contributed by atoms with E-state index in [1.807, 2.05) is 0 Å². The number of thioether (sulfide) groups is 1. The van der Waals surface area contributed by atoms with Crippen LogP contribution in [0.5, 0.6) is 0 Å². The summed E-state index contributed by atoms with van der Waals surface area (Å²) in [6.07, 6.45) is 5.50. The first-order chi connectivity index (χ1) is 13.7. The van der Waals surface area contributed by atoms with Crippen molar-refractivity contribution >= 4 is 40.0 Å². The topological polar surface area (TPSA) is 75.1 Å². The van der Waals surface area contributed by atoms with Crippen LogP contribution in [-0.2, 0) is 17.6 Å². The fourth-order valence-corrected chi connectivity index (χ4v) is 4.60. The molecule has 5 rings (SSSR count). The monoisotopic (exact) mass is 391 g/mol. The van der Waals surface area contributed by atoms with E-state index in [-0.39, 0.29) is 5.75 Å². The number of aliphatic carboxylic acids is 1. The maximum absolute atomic E-state index is 10.9. The Balaban J connectivity index is 1.54. The highest BCUT2D eigenvalue weighted by atomic mass is 32.2. The maximum Gasteiger partial charge on any atom is 0.313 e. The van der Waals surface area contributed by atoms with Gasteiger partial charge in [0.25, 0.3) is 0 Å². The molecule has 0 bridgehead atoms. The van der Waals surface area contributed by atoms with Gasteiger partial charge in [-0.15, -0.1) is 0 Å². The number of hydrogen-bond acceptors (Lipinski definition) is 5. The summed E-state index contributed by atoms with van der Waals surface area (Å²) < 4.78 is 0. The van der Waals surface area contributed by atoms with E-state index in [1.54, 1.807) is 0 Å². The Labute approximate surface area is 167 Å². The summed E-state index contributed by atoms with van der Waals surface area (Å²) in [6.45, 7) is 0. The number of benzene rings is 2. The van der Waals surface area contributed by atoms with Gasteiger partial charge in [-0.05, 0) is 55.0 Å². The molecule has 1 aromatic heterocycles. The van der Waals surface area contributed by atoms with Gasteiger partial charge in [0, 0.05) is 16.6 Å². The number of fused-ring (bicyclic) bond motifs is 2. The number of aryl methyl sites for hydroxylation is 1. The molecule has 5 nitrogen and oxygen atoms in total. The predicted molar refractivity (Wildman–Crippen MR) is 112 cm³/mol. The molecule has 2 aliphatic carbocycles. The van der Waals surface area contributed by atoms with Gasteiger partial charge in [0.2, 0.25) is 0 Å². The van der Waals surface area contributed by atoms with E-state index in [0.717, 1.165) is 42.0 Å². The van der Waals surface area contributed by atoms with Crippen LogP contribution in [0.4, 0.5) is 11.5 Å². The zero-order valence-electron chi connectivity index (χ0n) is 15.4. The van der Waals surface area contributed by atoms with E-state index in [1.165, 1.54) is 40.9 Å². The van der Waals surface area contributed by atoms with Gasteiger partial charge in [0.15, 0.2) is 5.16 Å². The smallest absolute Gasteiger partial charge is 0.313 e. The summed E-state index contributed by atoms with van der Waals surface area (Å²) in [5.74, 6) is 0.628. The largest absolute Gasteiger partial charge is 0.481 e. The number of anilines is 2. The minimum atomic E-state index is -0.856. The van der Waals surface area contributed by atoms with Gasteiger partial charge in [-0.1, -0.05) is 42.1 Å². The molecular weight excluding hydrogens is 370 g/mol. The quantitative estimate of drug-likeness (QED) is 0.459. The van der Waals surface area contributed by atoms with Crippen LogP contribution in [-0.4, -0.2) is 26.8 Å². The summed E-state index contributed by atoms with van der Waals surface area (Å²) in [5, 5.41) is 15.6. The Bertz CT molecular complexity index is 1080. The van der Waals surface area contributed by atoms with Crippen molar-refractivity contribution in [3.05, 3.63) is 53.2 Å². The van der Waals surface area contributed by atoms with Crippen LogP contribution in [0.25, 0.3) is 10.8 Å². The third-order valence-electron chi connectivity index (χ3n) is 5.47. The van der Waals surface area contributed by atoms with Gasteiger partial charge in [0.05, 0.1) is 11.4 Å². The molecule has 6 heteroatoms. The van der Waals surface area contributed by atoms with E-state index in [2.05, 4.69) is 51.7 Å².